The molecular weight excluding hydrogens is 314 g/mol. The third-order valence-corrected chi connectivity index (χ3v) is 4.38. The lowest BCUT2D eigenvalue weighted by Crippen LogP contribution is -2.22. The molecule has 1 aromatic rings. The molecule has 0 fully saturated rings. The third kappa shape index (κ3) is 8.04. The smallest absolute Gasteiger partial charge is 0.305 e. The highest BCUT2D eigenvalue weighted by molar-refractivity contribution is 7.85. The molecule has 0 saturated heterocycles. The third-order valence-electron chi connectivity index (χ3n) is 3.01. The summed E-state index contributed by atoms with van der Waals surface area (Å²) >= 11 is 0. The average Bonchev–Trinajstić information content (AvgIpc) is 2.53. The van der Waals surface area contributed by atoms with Crippen LogP contribution in [0.2, 0.25) is 0 Å². The zero-order valence-electron chi connectivity index (χ0n) is 14.2. The molecule has 128 valence electrons. The van der Waals surface area contributed by atoms with Gasteiger partial charge < -0.3 is 9.47 Å². The molecule has 0 amide bonds. The Hall–Kier alpha value is -1.53. The summed E-state index contributed by atoms with van der Waals surface area (Å²) in [4.78, 5) is 11.3. The van der Waals surface area contributed by atoms with Gasteiger partial charge >= 0.3 is 5.97 Å². The Morgan fingerprint density at radius 1 is 1.30 bits per heavy atom. The van der Waals surface area contributed by atoms with Crippen LogP contribution >= 0.6 is 0 Å². The van der Waals surface area contributed by atoms with Crippen LogP contribution in [-0.2, 0) is 31.9 Å². The van der Waals surface area contributed by atoms with E-state index < -0.39 is 15.7 Å². The molecule has 0 aliphatic carbocycles. The molecular formula is C17H25NO4S. The van der Waals surface area contributed by atoms with Crippen LogP contribution < -0.4 is 0 Å². The fraction of sp³-hybridized carbons (Fsp3) is 0.529. The Kier molecular flexibility index (Phi) is 8.12. The van der Waals surface area contributed by atoms with Crippen molar-refractivity contribution in [3.8, 4) is 0 Å². The van der Waals surface area contributed by atoms with E-state index in [1.165, 1.54) is 13.3 Å². The number of methoxy groups -OCH3 is 1. The first-order valence-electron chi connectivity index (χ1n) is 7.51. The second kappa shape index (κ2) is 9.57. The maximum atomic E-state index is 12.0. The highest BCUT2D eigenvalue weighted by atomic mass is 32.2. The molecule has 0 aliphatic heterocycles. The first kappa shape index (κ1) is 19.5. The van der Waals surface area contributed by atoms with Gasteiger partial charge in [0, 0.05) is 12.6 Å². The number of hydrogen-bond acceptors (Lipinski definition) is 4. The van der Waals surface area contributed by atoms with E-state index in [2.05, 4.69) is 9.13 Å². The molecule has 0 spiro atoms. The van der Waals surface area contributed by atoms with Crippen molar-refractivity contribution in [3.05, 3.63) is 35.9 Å². The Balaban J connectivity index is 2.66. The van der Waals surface area contributed by atoms with Crippen molar-refractivity contribution in [1.82, 2.24) is 0 Å². The van der Waals surface area contributed by atoms with Gasteiger partial charge in [-0.3, -0.25) is 4.79 Å². The highest BCUT2D eigenvalue weighted by Gasteiger charge is 2.19. The molecule has 0 saturated carbocycles. The molecule has 0 heterocycles. The minimum Gasteiger partial charge on any atom is -0.469 e. The largest absolute Gasteiger partial charge is 0.469 e. The first-order valence-corrected chi connectivity index (χ1v) is 8.62. The molecule has 1 unspecified atom stereocenters. The number of hydrogen-bond donors (Lipinski definition) is 0. The average molecular weight is 339 g/mol. The predicted octanol–water partition coefficient (Wildman–Crippen LogP) is 3.06. The maximum absolute atomic E-state index is 12.0. The van der Waals surface area contributed by atoms with E-state index in [1.807, 2.05) is 51.1 Å². The van der Waals surface area contributed by atoms with Gasteiger partial charge in [0.15, 0.2) is 0 Å². The van der Waals surface area contributed by atoms with Gasteiger partial charge in [-0.2, -0.15) is 4.40 Å². The number of rotatable bonds is 8. The van der Waals surface area contributed by atoms with E-state index in [0.717, 1.165) is 5.56 Å². The number of benzene rings is 1. The summed E-state index contributed by atoms with van der Waals surface area (Å²) in [7, 11) is 0.00331. The van der Waals surface area contributed by atoms with E-state index in [-0.39, 0.29) is 18.5 Å². The number of carbonyl (C=O) groups excluding carboxylic acids is 1. The van der Waals surface area contributed by atoms with E-state index in [0.29, 0.717) is 13.0 Å². The van der Waals surface area contributed by atoms with Crippen LogP contribution in [0.3, 0.4) is 0 Å². The number of carbonyl (C=O) groups is 1. The summed E-state index contributed by atoms with van der Waals surface area (Å²) in [5.74, 6) is -0.302. The van der Waals surface area contributed by atoms with Crippen LogP contribution in [0.5, 0.6) is 0 Å². The van der Waals surface area contributed by atoms with Crippen molar-refractivity contribution < 1.29 is 18.5 Å². The van der Waals surface area contributed by atoms with Gasteiger partial charge in [-0.1, -0.05) is 30.3 Å². The molecule has 0 aliphatic rings. The zero-order chi connectivity index (χ0) is 17.3. The summed E-state index contributed by atoms with van der Waals surface area (Å²) in [6.07, 6.45) is 1.81. The van der Waals surface area contributed by atoms with Gasteiger partial charge in [0.05, 0.1) is 24.6 Å². The Bertz CT molecular complexity index is 537. The van der Waals surface area contributed by atoms with Crippen molar-refractivity contribution in [3.63, 3.8) is 0 Å². The zero-order valence-corrected chi connectivity index (χ0v) is 15.0. The second-order valence-corrected chi connectivity index (χ2v) is 8.00. The van der Waals surface area contributed by atoms with Gasteiger partial charge in [-0.25, -0.2) is 4.21 Å². The lowest BCUT2D eigenvalue weighted by Gasteiger charge is -2.16. The van der Waals surface area contributed by atoms with Gasteiger partial charge in [0.25, 0.3) is 0 Å². The summed E-state index contributed by atoms with van der Waals surface area (Å²) in [5.41, 5.74) is 1.03. The molecule has 1 aromatic carbocycles. The molecule has 5 nitrogen and oxygen atoms in total. The molecule has 6 heteroatoms. The van der Waals surface area contributed by atoms with Gasteiger partial charge in [0.1, 0.15) is 11.0 Å². The van der Waals surface area contributed by atoms with E-state index in [4.69, 9.17) is 4.74 Å². The fourth-order valence-corrected chi connectivity index (χ4v) is 2.18. The topological polar surface area (TPSA) is 65.0 Å². The van der Waals surface area contributed by atoms with Gasteiger partial charge in [-0.05, 0) is 32.8 Å². The fourth-order valence-electron chi connectivity index (χ4n) is 1.62. The Morgan fingerprint density at radius 2 is 1.96 bits per heavy atom. The van der Waals surface area contributed by atoms with Crippen LogP contribution in [0.15, 0.2) is 34.7 Å². The normalized spacial score (nSPS) is 14.6. The van der Waals surface area contributed by atoms with Crippen LogP contribution in [-0.4, -0.2) is 34.4 Å². The van der Waals surface area contributed by atoms with Crippen molar-refractivity contribution in [2.24, 2.45) is 4.40 Å². The standard InChI is InChI=1S/C17H25NO4S/c1-17(2,3)23(20)18-12-15(10-11-16(19)21-4)22-13-14-8-6-5-7-9-14/h5-9,12,15H,10-11,13H2,1-4H3/b18-12+/t15-,23?/m1/s1. The number of esters is 1. The monoisotopic (exact) mass is 339 g/mol. The molecule has 0 N–H and O–H groups in total. The lowest BCUT2D eigenvalue weighted by molar-refractivity contribution is -0.141. The van der Waals surface area contributed by atoms with Gasteiger partial charge in [0.2, 0.25) is 0 Å². The van der Waals surface area contributed by atoms with Crippen LogP contribution in [0.4, 0.5) is 0 Å². The summed E-state index contributed by atoms with van der Waals surface area (Å²) < 4.78 is 26.1. The molecule has 0 bridgehead atoms. The molecule has 2 atom stereocenters. The van der Waals surface area contributed by atoms with Crippen LogP contribution in [0, 0.1) is 0 Å². The SMILES string of the molecule is COC(=O)CC[C@H](/C=N/S(=O)C(C)(C)C)OCc1ccccc1. The minimum atomic E-state index is -1.35. The quantitative estimate of drug-likeness (QED) is 0.539. The highest BCUT2D eigenvalue weighted by Crippen LogP contribution is 2.13. The summed E-state index contributed by atoms with van der Waals surface area (Å²) in [6.45, 7) is 5.97. The van der Waals surface area contributed by atoms with Crippen molar-refractivity contribution >= 4 is 23.2 Å². The van der Waals surface area contributed by atoms with Crippen molar-refractivity contribution in [2.45, 2.75) is 51.1 Å². The van der Waals surface area contributed by atoms with Crippen LogP contribution in [0.1, 0.15) is 39.2 Å². The van der Waals surface area contributed by atoms with E-state index in [1.54, 1.807) is 0 Å². The molecule has 0 radical (unpaired) electrons. The van der Waals surface area contributed by atoms with Crippen LogP contribution in [0.25, 0.3) is 0 Å². The number of nitrogens with zero attached hydrogens (tertiary/aromatic N) is 1. The minimum absolute atomic E-state index is 0.226. The lowest BCUT2D eigenvalue weighted by atomic mass is 10.2. The molecule has 1 rings (SSSR count). The van der Waals surface area contributed by atoms with Crippen molar-refractivity contribution in [1.29, 1.82) is 0 Å². The second-order valence-electron chi connectivity index (χ2n) is 6.07. The Labute approximate surface area is 140 Å². The molecule has 23 heavy (non-hydrogen) atoms. The maximum Gasteiger partial charge on any atom is 0.305 e. The van der Waals surface area contributed by atoms with E-state index in [9.17, 15) is 9.00 Å². The summed E-state index contributed by atoms with van der Waals surface area (Å²) in [6, 6.07) is 9.73. The number of ether oxygens (including phenoxy) is 2. The van der Waals surface area contributed by atoms with E-state index >= 15 is 0 Å². The Morgan fingerprint density at radius 3 is 2.52 bits per heavy atom. The first-order chi connectivity index (χ1) is 10.8. The predicted molar refractivity (Wildman–Crippen MR) is 92.7 cm³/mol. The molecule has 0 aromatic heterocycles. The van der Waals surface area contributed by atoms with Crippen molar-refractivity contribution in [2.75, 3.05) is 7.11 Å². The van der Waals surface area contributed by atoms with Gasteiger partial charge in [-0.15, -0.1) is 0 Å². The summed E-state index contributed by atoms with van der Waals surface area (Å²) in [5, 5.41) is 0.